The number of nitrogens with zero attached hydrogens (tertiary/aromatic N) is 2. The molecule has 110 valence electrons. The normalized spacial score (nSPS) is 12.0. The van der Waals surface area contributed by atoms with Crippen molar-refractivity contribution in [2.24, 2.45) is 0 Å². The van der Waals surface area contributed by atoms with Crippen molar-refractivity contribution in [3.63, 3.8) is 0 Å². The lowest BCUT2D eigenvalue weighted by Gasteiger charge is -2.03. The van der Waals surface area contributed by atoms with E-state index in [-0.39, 0.29) is 0 Å². The van der Waals surface area contributed by atoms with Gasteiger partial charge in [0.25, 0.3) is 0 Å². The van der Waals surface area contributed by atoms with Gasteiger partial charge in [0.05, 0.1) is 0 Å². The highest BCUT2D eigenvalue weighted by molar-refractivity contribution is 5.03. The number of halogens is 3. The highest BCUT2D eigenvalue weighted by atomic mass is 19.4. The molecule has 1 rings (SSSR count). The molecule has 0 saturated heterocycles. The molecule has 2 nitrogen and oxygen atoms in total. The van der Waals surface area contributed by atoms with Crippen LogP contribution in [0.1, 0.15) is 64.0 Å². The van der Waals surface area contributed by atoms with Crippen LogP contribution >= 0.6 is 0 Å². The molecule has 19 heavy (non-hydrogen) atoms. The molecule has 1 heterocycles. The van der Waals surface area contributed by atoms with Crippen LogP contribution in [0.5, 0.6) is 0 Å². The van der Waals surface area contributed by atoms with Crippen molar-refractivity contribution in [2.75, 3.05) is 0 Å². The summed E-state index contributed by atoms with van der Waals surface area (Å²) in [5, 5.41) is 3.53. The van der Waals surface area contributed by atoms with Crippen LogP contribution in [0.3, 0.4) is 0 Å². The van der Waals surface area contributed by atoms with Crippen molar-refractivity contribution in [2.45, 2.75) is 71.0 Å². The molecule has 0 spiro atoms. The fraction of sp³-hybridized carbons (Fsp3) is 0.786. The average Bonchev–Trinajstić information content (AvgIpc) is 2.81. The lowest BCUT2D eigenvalue weighted by molar-refractivity contribution is -0.141. The first-order valence-electron chi connectivity index (χ1n) is 7.14. The summed E-state index contributed by atoms with van der Waals surface area (Å²) in [6.07, 6.45) is 6.55. The summed E-state index contributed by atoms with van der Waals surface area (Å²) in [5.74, 6) is 0. The van der Waals surface area contributed by atoms with Gasteiger partial charge < -0.3 is 0 Å². The van der Waals surface area contributed by atoms with Gasteiger partial charge in [0, 0.05) is 12.7 Å². The van der Waals surface area contributed by atoms with Gasteiger partial charge in [-0.1, -0.05) is 51.9 Å². The quantitative estimate of drug-likeness (QED) is 0.577. The largest absolute Gasteiger partial charge is 0.435 e. The molecule has 0 bridgehead atoms. The minimum absolute atomic E-state index is 0.574. The van der Waals surface area contributed by atoms with Crippen LogP contribution in [0, 0.1) is 0 Å². The molecule has 5 heteroatoms. The van der Waals surface area contributed by atoms with Gasteiger partial charge in [0.2, 0.25) is 0 Å². The fourth-order valence-electron chi connectivity index (χ4n) is 2.05. The first-order chi connectivity index (χ1) is 9.04. The van der Waals surface area contributed by atoms with Crippen molar-refractivity contribution in [3.8, 4) is 0 Å². The molecule has 1 aromatic rings. The predicted octanol–water partition coefficient (Wildman–Crippen LogP) is 5.04. The molecule has 0 N–H and O–H groups in total. The first-order valence-corrected chi connectivity index (χ1v) is 7.14. The third-order valence-corrected chi connectivity index (χ3v) is 3.17. The summed E-state index contributed by atoms with van der Waals surface area (Å²) in [5.41, 5.74) is -0.799. The lowest BCUT2D eigenvalue weighted by Crippen LogP contribution is -2.08. The van der Waals surface area contributed by atoms with E-state index in [2.05, 4.69) is 12.0 Å². The minimum Gasteiger partial charge on any atom is -0.272 e. The zero-order valence-electron chi connectivity index (χ0n) is 11.5. The van der Waals surface area contributed by atoms with Crippen LogP contribution in [0.15, 0.2) is 12.3 Å². The molecular formula is C14H23F3N2. The zero-order valence-corrected chi connectivity index (χ0v) is 11.5. The van der Waals surface area contributed by atoms with E-state index < -0.39 is 11.9 Å². The van der Waals surface area contributed by atoms with Gasteiger partial charge in [-0.15, -0.1) is 0 Å². The number of hydrogen-bond donors (Lipinski definition) is 0. The number of hydrogen-bond acceptors (Lipinski definition) is 1. The Hall–Kier alpha value is -1.00. The summed E-state index contributed by atoms with van der Waals surface area (Å²) >= 11 is 0. The number of rotatable bonds is 9. The Morgan fingerprint density at radius 1 is 1.00 bits per heavy atom. The molecule has 0 saturated carbocycles. The molecule has 0 aliphatic rings. The molecule has 0 aliphatic heterocycles. The number of unbranched alkanes of at least 4 members (excludes halogenated alkanes) is 7. The van der Waals surface area contributed by atoms with Crippen LogP contribution in [-0.4, -0.2) is 9.78 Å². The second-order valence-corrected chi connectivity index (χ2v) is 4.94. The summed E-state index contributed by atoms with van der Waals surface area (Å²) in [7, 11) is 0. The maximum atomic E-state index is 12.3. The number of aryl methyl sites for hydroxylation is 1. The topological polar surface area (TPSA) is 17.8 Å². The van der Waals surface area contributed by atoms with Crippen LogP contribution in [-0.2, 0) is 12.7 Å². The van der Waals surface area contributed by atoms with Gasteiger partial charge in [-0.25, -0.2) is 0 Å². The van der Waals surface area contributed by atoms with Gasteiger partial charge in [-0.3, -0.25) is 4.68 Å². The number of alkyl halides is 3. The van der Waals surface area contributed by atoms with Crippen LogP contribution in [0.25, 0.3) is 0 Å². The Bertz CT molecular complexity index is 345. The summed E-state index contributed by atoms with van der Waals surface area (Å²) in [4.78, 5) is 0. The molecule has 1 aromatic heterocycles. The summed E-state index contributed by atoms with van der Waals surface area (Å²) < 4.78 is 38.3. The Labute approximate surface area is 113 Å². The van der Waals surface area contributed by atoms with Crippen molar-refractivity contribution < 1.29 is 13.2 Å². The SMILES string of the molecule is CCCCCCCCCCn1ccc(C(F)(F)F)n1. The van der Waals surface area contributed by atoms with Crippen molar-refractivity contribution >= 4 is 0 Å². The third-order valence-electron chi connectivity index (χ3n) is 3.17. The van der Waals surface area contributed by atoms with Gasteiger partial charge in [-0.05, 0) is 12.5 Å². The van der Waals surface area contributed by atoms with E-state index >= 15 is 0 Å². The summed E-state index contributed by atoms with van der Waals surface area (Å²) in [6, 6.07) is 1.03. The second kappa shape index (κ2) is 8.23. The lowest BCUT2D eigenvalue weighted by atomic mass is 10.1. The minimum atomic E-state index is -4.33. The molecule has 0 atom stereocenters. The molecule has 0 amide bonds. The third kappa shape index (κ3) is 6.64. The smallest absolute Gasteiger partial charge is 0.272 e. The molecule has 0 fully saturated rings. The summed E-state index contributed by atoms with van der Waals surface area (Å²) in [6.45, 7) is 2.77. The first kappa shape index (κ1) is 16.1. The van der Waals surface area contributed by atoms with E-state index in [1.807, 2.05) is 0 Å². The standard InChI is InChI=1S/C14H23F3N2/c1-2-3-4-5-6-7-8-9-11-19-12-10-13(18-19)14(15,16)17/h10,12H,2-9,11H2,1H3. The zero-order chi connectivity index (χ0) is 14.1. The van der Waals surface area contributed by atoms with Gasteiger partial charge in [-0.2, -0.15) is 18.3 Å². The van der Waals surface area contributed by atoms with E-state index in [0.717, 1.165) is 25.3 Å². The molecule has 0 aliphatic carbocycles. The van der Waals surface area contributed by atoms with Crippen molar-refractivity contribution in [1.29, 1.82) is 0 Å². The Balaban J connectivity index is 2.08. The van der Waals surface area contributed by atoms with Crippen LogP contribution < -0.4 is 0 Å². The van der Waals surface area contributed by atoms with Crippen molar-refractivity contribution in [1.82, 2.24) is 9.78 Å². The van der Waals surface area contributed by atoms with E-state index in [1.54, 1.807) is 0 Å². The van der Waals surface area contributed by atoms with Gasteiger partial charge in [0.1, 0.15) is 0 Å². The Kier molecular flexibility index (Phi) is 6.95. The molecule has 0 unspecified atom stereocenters. The highest BCUT2D eigenvalue weighted by Crippen LogP contribution is 2.27. The molecular weight excluding hydrogens is 253 g/mol. The van der Waals surface area contributed by atoms with E-state index in [0.29, 0.717) is 6.54 Å². The average molecular weight is 276 g/mol. The second-order valence-electron chi connectivity index (χ2n) is 4.94. The molecule has 0 aromatic carbocycles. The van der Waals surface area contributed by atoms with Gasteiger partial charge in [0.15, 0.2) is 5.69 Å². The van der Waals surface area contributed by atoms with E-state index in [9.17, 15) is 13.2 Å². The monoisotopic (exact) mass is 276 g/mol. The van der Waals surface area contributed by atoms with Gasteiger partial charge >= 0.3 is 6.18 Å². The van der Waals surface area contributed by atoms with Crippen molar-refractivity contribution in [3.05, 3.63) is 18.0 Å². The number of aromatic nitrogens is 2. The van der Waals surface area contributed by atoms with E-state index in [1.165, 1.54) is 43.0 Å². The van der Waals surface area contributed by atoms with Crippen LogP contribution in [0.2, 0.25) is 0 Å². The maximum absolute atomic E-state index is 12.3. The van der Waals surface area contributed by atoms with Crippen LogP contribution in [0.4, 0.5) is 13.2 Å². The Morgan fingerprint density at radius 3 is 2.11 bits per heavy atom. The Morgan fingerprint density at radius 2 is 1.58 bits per heavy atom. The highest BCUT2D eigenvalue weighted by Gasteiger charge is 2.33. The predicted molar refractivity (Wildman–Crippen MR) is 69.8 cm³/mol. The molecule has 0 radical (unpaired) electrons. The fourth-order valence-corrected chi connectivity index (χ4v) is 2.05. The maximum Gasteiger partial charge on any atom is 0.435 e. The van der Waals surface area contributed by atoms with E-state index in [4.69, 9.17) is 0 Å².